The summed E-state index contributed by atoms with van der Waals surface area (Å²) in [6.45, 7) is 1.53. The van der Waals surface area contributed by atoms with Crippen molar-refractivity contribution in [2.45, 2.75) is 0 Å². The molecular weight excluding hydrogens is 244 g/mol. The number of nitrogens with zero attached hydrogens (tertiary/aromatic N) is 2. The highest BCUT2D eigenvalue weighted by atomic mass is 16.6. The predicted molar refractivity (Wildman–Crippen MR) is 61.9 cm³/mol. The van der Waals surface area contributed by atoms with E-state index in [1.54, 1.807) is 0 Å². The molecule has 0 aliphatic heterocycles. The van der Waals surface area contributed by atoms with E-state index in [9.17, 15) is 0 Å². The SMILES string of the molecule is C[N+](C)(N)CCO.C[N+](C)(N)CCO.O=C([O-])[O-]. The predicted octanol–water partition coefficient (Wildman–Crippen LogP) is -4.59. The molecule has 9 nitrogen and oxygen atoms in total. The fourth-order valence-electron chi connectivity index (χ4n) is 0.515. The van der Waals surface area contributed by atoms with E-state index in [0.717, 1.165) is 0 Å². The van der Waals surface area contributed by atoms with Crippen molar-refractivity contribution in [2.24, 2.45) is 11.7 Å². The summed E-state index contributed by atoms with van der Waals surface area (Å²) in [7, 11) is 7.32. The van der Waals surface area contributed by atoms with Crippen LogP contribution in [0.5, 0.6) is 0 Å². The maximum Gasteiger partial charge on any atom is 0.119 e. The Morgan fingerprint density at radius 2 is 1.11 bits per heavy atom. The minimum Gasteiger partial charge on any atom is -0.652 e. The molecule has 0 saturated heterocycles. The van der Waals surface area contributed by atoms with Gasteiger partial charge in [-0.1, -0.05) is 0 Å². The van der Waals surface area contributed by atoms with Crippen LogP contribution in [0.25, 0.3) is 0 Å². The molecule has 0 aromatic rings. The van der Waals surface area contributed by atoms with E-state index in [4.69, 9.17) is 36.9 Å². The van der Waals surface area contributed by atoms with Crippen LogP contribution in [0.3, 0.4) is 0 Å². The first kappa shape index (κ1) is 22.2. The third-order valence-corrected chi connectivity index (χ3v) is 1.35. The first-order valence-corrected chi connectivity index (χ1v) is 5.18. The molecule has 18 heavy (non-hydrogen) atoms. The average Bonchev–Trinajstić information content (AvgIpc) is 1.97. The van der Waals surface area contributed by atoms with E-state index in [2.05, 4.69) is 0 Å². The fraction of sp³-hybridized carbons (Fsp3) is 0.889. The molecule has 6 N–H and O–H groups in total. The lowest BCUT2D eigenvalue weighted by molar-refractivity contribution is -0.902. The molecule has 0 fully saturated rings. The minimum atomic E-state index is -2.33. The van der Waals surface area contributed by atoms with Crippen LogP contribution >= 0.6 is 0 Å². The van der Waals surface area contributed by atoms with Gasteiger partial charge in [0.15, 0.2) is 0 Å². The van der Waals surface area contributed by atoms with Crippen molar-refractivity contribution in [3.8, 4) is 0 Å². The van der Waals surface area contributed by atoms with Crippen molar-refractivity contribution >= 4 is 6.16 Å². The van der Waals surface area contributed by atoms with Crippen LogP contribution in [-0.2, 0) is 0 Å². The summed E-state index contributed by atoms with van der Waals surface area (Å²) < 4.78 is 0.688. The Labute approximate surface area is 108 Å². The fourth-order valence-corrected chi connectivity index (χ4v) is 0.515. The topological polar surface area (TPSA) is 156 Å². The summed E-state index contributed by atoms with van der Waals surface area (Å²) in [4.78, 5) is 8.33. The first-order valence-electron chi connectivity index (χ1n) is 5.18. The Morgan fingerprint density at radius 1 is 0.944 bits per heavy atom. The van der Waals surface area contributed by atoms with Gasteiger partial charge < -0.3 is 25.2 Å². The Balaban J connectivity index is -0.000000196. The van der Waals surface area contributed by atoms with E-state index in [1.165, 1.54) is 0 Å². The van der Waals surface area contributed by atoms with Crippen LogP contribution in [0.1, 0.15) is 0 Å². The Morgan fingerprint density at radius 3 is 1.11 bits per heavy atom. The van der Waals surface area contributed by atoms with Crippen LogP contribution in [0.2, 0.25) is 0 Å². The van der Waals surface area contributed by atoms with Gasteiger partial charge in [0.1, 0.15) is 13.1 Å². The zero-order chi connectivity index (χ0) is 15.4. The molecule has 0 spiro atoms. The van der Waals surface area contributed by atoms with Gasteiger partial charge in [0.05, 0.1) is 41.4 Å². The first-order chi connectivity index (χ1) is 7.85. The van der Waals surface area contributed by atoms with Gasteiger partial charge in [-0.2, -0.15) is 11.7 Å². The second-order valence-corrected chi connectivity index (χ2v) is 4.70. The number of hydrogen-bond donors (Lipinski definition) is 4. The highest BCUT2D eigenvalue weighted by molar-refractivity contribution is 5.47. The van der Waals surface area contributed by atoms with Crippen LogP contribution in [0.4, 0.5) is 4.79 Å². The normalized spacial score (nSPS) is 10.7. The molecule has 0 amide bonds. The molecule has 0 aliphatic rings. The molecule has 0 radical (unpaired) electrons. The Hall–Kier alpha value is -0.970. The number of aliphatic hydroxyl groups is 2. The quantitative estimate of drug-likeness (QED) is 0.227. The largest absolute Gasteiger partial charge is 0.652 e. The zero-order valence-electron chi connectivity index (χ0n) is 11.5. The van der Waals surface area contributed by atoms with Gasteiger partial charge in [-0.05, 0) is 6.16 Å². The standard InChI is InChI=1S/2C4H13N2O.CH2O3/c2*1-6(2,5)3-4-7;2-1(3)4/h2*7H,3-5H2,1-2H3;(H2,2,3,4)/q2*+1;/p-2. The van der Waals surface area contributed by atoms with E-state index < -0.39 is 6.16 Å². The maximum atomic E-state index is 8.33. The van der Waals surface area contributed by atoms with Crippen LogP contribution in [0.15, 0.2) is 0 Å². The zero-order valence-corrected chi connectivity index (χ0v) is 11.5. The molecule has 0 rings (SSSR count). The molecule has 0 atom stereocenters. The highest BCUT2D eigenvalue weighted by Gasteiger charge is 2.04. The summed E-state index contributed by atoms with van der Waals surface area (Å²) in [5.41, 5.74) is 0. The summed E-state index contributed by atoms with van der Waals surface area (Å²) in [6.07, 6.45) is -2.33. The van der Waals surface area contributed by atoms with Crippen molar-refractivity contribution in [2.75, 3.05) is 54.5 Å². The van der Waals surface area contributed by atoms with E-state index in [1.807, 2.05) is 28.2 Å². The van der Waals surface area contributed by atoms with Gasteiger partial charge in [0, 0.05) is 0 Å². The molecule has 0 heterocycles. The number of carboxylic acid groups (broad SMARTS) is 2. The number of aliphatic hydroxyl groups excluding tert-OH is 2. The van der Waals surface area contributed by atoms with Crippen LogP contribution < -0.4 is 21.9 Å². The van der Waals surface area contributed by atoms with Crippen molar-refractivity contribution in [1.82, 2.24) is 0 Å². The van der Waals surface area contributed by atoms with Crippen LogP contribution in [-0.4, -0.2) is 80.0 Å². The number of quaternary nitrogens is 2. The van der Waals surface area contributed by atoms with Gasteiger partial charge in [-0.15, -0.1) is 0 Å². The summed E-state index contributed by atoms with van der Waals surface area (Å²) in [5.74, 6) is 10.8. The van der Waals surface area contributed by atoms with Gasteiger partial charge in [0.2, 0.25) is 0 Å². The lowest BCUT2D eigenvalue weighted by Crippen LogP contribution is -2.48. The molecule has 0 unspecified atom stereocenters. The third kappa shape index (κ3) is 59.9. The van der Waals surface area contributed by atoms with Crippen molar-refractivity contribution in [3.05, 3.63) is 0 Å². The van der Waals surface area contributed by atoms with Crippen LogP contribution in [0, 0.1) is 0 Å². The molecule has 0 saturated carbocycles. The molecule has 0 bridgehead atoms. The number of rotatable bonds is 4. The van der Waals surface area contributed by atoms with Gasteiger partial charge >= 0.3 is 0 Å². The maximum absolute atomic E-state index is 8.33. The summed E-state index contributed by atoms with van der Waals surface area (Å²) >= 11 is 0. The summed E-state index contributed by atoms with van der Waals surface area (Å²) in [6, 6.07) is 0. The second kappa shape index (κ2) is 11.1. The molecule has 0 aromatic carbocycles. The summed E-state index contributed by atoms with van der Waals surface area (Å²) in [5, 5.41) is 33.3. The van der Waals surface area contributed by atoms with Crippen molar-refractivity contribution < 1.29 is 34.4 Å². The smallest absolute Gasteiger partial charge is 0.119 e. The molecule has 112 valence electrons. The number of likely N-dealkylation sites (N-methyl/N-ethyl adjacent to an activating group) is 2. The van der Waals surface area contributed by atoms with E-state index in [0.29, 0.717) is 22.3 Å². The van der Waals surface area contributed by atoms with Gasteiger partial charge in [-0.25, -0.2) is 0 Å². The third-order valence-electron chi connectivity index (χ3n) is 1.35. The molecular formula is C9H26N4O5. The number of hydrogen-bond acceptors (Lipinski definition) is 7. The average molecular weight is 270 g/mol. The van der Waals surface area contributed by atoms with Gasteiger partial charge in [0.25, 0.3) is 0 Å². The van der Waals surface area contributed by atoms with E-state index >= 15 is 0 Å². The van der Waals surface area contributed by atoms with Gasteiger partial charge in [-0.3, -0.25) is 9.18 Å². The number of carbonyl (C=O) groups excluding carboxylic acids is 1. The Bertz CT molecular complexity index is 180. The second-order valence-electron chi connectivity index (χ2n) is 4.70. The highest BCUT2D eigenvalue weighted by Crippen LogP contribution is 1.79. The Kier molecular flexibility index (Phi) is 13.8. The molecule has 0 aromatic heterocycles. The molecule has 0 aliphatic carbocycles. The van der Waals surface area contributed by atoms with Crippen molar-refractivity contribution in [3.63, 3.8) is 0 Å². The number of carbonyl (C=O) groups is 1. The van der Waals surface area contributed by atoms with E-state index in [-0.39, 0.29) is 13.2 Å². The minimum absolute atomic E-state index is 0.156. The molecule has 9 heteroatoms. The lowest BCUT2D eigenvalue weighted by Gasteiger charge is -2.20. The monoisotopic (exact) mass is 270 g/mol. The number of nitrogens with two attached hydrogens (primary N) is 2. The lowest BCUT2D eigenvalue weighted by atomic mass is 10.6. The van der Waals surface area contributed by atoms with Crippen molar-refractivity contribution in [1.29, 1.82) is 0 Å².